The molecule has 0 bridgehead atoms. The number of anilines is 1. The molecule has 1 saturated heterocycles. The average Bonchev–Trinajstić information content (AvgIpc) is 3.40. The van der Waals surface area contributed by atoms with Crippen molar-refractivity contribution in [2.75, 3.05) is 24.5 Å². The quantitative estimate of drug-likeness (QED) is 0.502. The number of aromatic nitrogens is 3. The molecule has 5 rings (SSSR count). The molecular formula is C27H31N5O2. The van der Waals surface area contributed by atoms with E-state index in [-0.39, 0.29) is 11.8 Å². The molecule has 1 aromatic carbocycles. The number of piperidine rings is 1. The summed E-state index contributed by atoms with van der Waals surface area (Å²) in [7, 11) is 0. The molecule has 7 nitrogen and oxygen atoms in total. The fourth-order valence-electron chi connectivity index (χ4n) is 4.83. The lowest BCUT2D eigenvalue weighted by Crippen LogP contribution is -2.41. The monoisotopic (exact) mass is 457 g/mol. The van der Waals surface area contributed by atoms with E-state index in [9.17, 15) is 4.79 Å². The van der Waals surface area contributed by atoms with Crippen molar-refractivity contribution in [3.8, 4) is 22.8 Å². The van der Waals surface area contributed by atoms with Crippen LogP contribution in [0.5, 0.6) is 0 Å². The predicted molar refractivity (Wildman–Crippen MR) is 132 cm³/mol. The second kappa shape index (κ2) is 10.6. The van der Waals surface area contributed by atoms with Gasteiger partial charge in [0, 0.05) is 37.3 Å². The van der Waals surface area contributed by atoms with Gasteiger partial charge in [0.15, 0.2) is 0 Å². The summed E-state index contributed by atoms with van der Waals surface area (Å²) in [4.78, 5) is 24.2. The molecule has 3 heterocycles. The van der Waals surface area contributed by atoms with Gasteiger partial charge >= 0.3 is 0 Å². The first-order valence-electron chi connectivity index (χ1n) is 12.3. The third-order valence-corrected chi connectivity index (χ3v) is 6.77. The molecule has 34 heavy (non-hydrogen) atoms. The standard InChI is InChI=1S/C27H31N5O2/c33-26(29-17-13-20-8-3-1-4-9-20)22-14-18-32(19-15-22)25-23(12-7-16-28-25)27-30-24(31-34-27)21-10-5-2-6-11-21/h2,5-8,10-12,16,22H,1,3-4,9,13-15,17-19H2,(H,29,33). The van der Waals surface area contributed by atoms with Gasteiger partial charge in [-0.25, -0.2) is 4.98 Å². The van der Waals surface area contributed by atoms with Crippen LogP contribution in [0.2, 0.25) is 0 Å². The molecular weight excluding hydrogens is 426 g/mol. The highest BCUT2D eigenvalue weighted by Gasteiger charge is 2.27. The van der Waals surface area contributed by atoms with Gasteiger partial charge in [-0.05, 0) is 57.1 Å². The normalized spacial score (nSPS) is 16.8. The van der Waals surface area contributed by atoms with Crippen molar-refractivity contribution in [2.24, 2.45) is 5.92 Å². The third kappa shape index (κ3) is 5.19. The molecule has 2 aromatic heterocycles. The molecule has 0 spiro atoms. The largest absolute Gasteiger partial charge is 0.356 e. The first-order valence-corrected chi connectivity index (χ1v) is 12.3. The minimum Gasteiger partial charge on any atom is -0.356 e. The van der Waals surface area contributed by atoms with Crippen LogP contribution in [0.15, 0.2) is 64.8 Å². The minimum atomic E-state index is 0.0526. The van der Waals surface area contributed by atoms with Crippen LogP contribution in [-0.4, -0.2) is 40.7 Å². The molecule has 0 unspecified atom stereocenters. The van der Waals surface area contributed by atoms with Crippen LogP contribution in [0.4, 0.5) is 5.82 Å². The second-order valence-corrected chi connectivity index (χ2v) is 9.07. The summed E-state index contributed by atoms with van der Waals surface area (Å²) in [6.45, 7) is 2.29. The van der Waals surface area contributed by atoms with E-state index in [0.717, 1.165) is 55.8 Å². The van der Waals surface area contributed by atoms with E-state index in [1.165, 1.54) is 31.3 Å². The number of benzene rings is 1. The molecule has 3 aromatic rings. The summed E-state index contributed by atoms with van der Waals surface area (Å²) < 4.78 is 5.59. The Hall–Kier alpha value is -3.48. The Kier molecular flexibility index (Phi) is 6.98. The van der Waals surface area contributed by atoms with Gasteiger partial charge in [0.1, 0.15) is 5.82 Å². The second-order valence-electron chi connectivity index (χ2n) is 9.07. The fourth-order valence-corrected chi connectivity index (χ4v) is 4.83. The average molecular weight is 458 g/mol. The minimum absolute atomic E-state index is 0.0526. The van der Waals surface area contributed by atoms with Crippen LogP contribution < -0.4 is 10.2 Å². The number of amides is 1. The molecule has 1 fully saturated rings. The van der Waals surface area contributed by atoms with E-state index in [0.29, 0.717) is 11.7 Å². The van der Waals surface area contributed by atoms with Crippen LogP contribution in [0.1, 0.15) is 44.9 Å². The number of hydrogen-bond acceptors (Lipinski definition) is 6. The van der Waals surface area contributed by atoms with Crippen molar-refractivity contribution in [1.29, 1.82) is 0 Å². The first-order chi connectivity index (χ1) is 16.8. The van der Waals surface area contributed by atoms with Gasteiger partial charge in [0.25, 0.3) is 5.89 Å². The van der Waals surface area contributed by atoms with Gasteiger partial charge in [0.05, 0.1) is 5.56 Å². The highest BCUT2D eigenvalue weighted by molar-refractivity contribution is 5.79. The van der Waals surface area contributed by atoms with Crippen molar-refractivity contribution < 1.29 is 9.32 Å². The number of allylic oxidation sites excluding steroid dienone is 1. The van der Waals surface area contributed by atoms with Crippen molar-refractivity contribution in [3.63, 3.8) is 0 Å². The maximum atomic E-state index is 12.7. The topological polar surface area (TPSA) is 84.2 Å². The highest BCUT2D eigenvalue weighted by atomic mass is 16.5. The maximum Gasteiger partial charge on any atom is 0.261 e. The summed E-state index contributed by atoms with van der Waals surface area (Å²) in [5.74, 6) is 2.08. The molecule has 1 amide bonds. The number of rotatable bonds is 7. The maximum absolute atomic E-state index is 12.7. The van der Waals surface area contributed by atoms with Gasteiger partial charge in [-0.3, -0.25) is 4.79 Å². The number of nitrogens with zero attached hydrogens (tertiary/aromatic N) is 4. The van der Waals surface area contributed by atoms with Crippen molar-refractivity contribution in [3.05, 3.63) is 60.3 Å². The Morgan fingerprint density at radius 2 is 1.94 bits per heavy atom. The number of nitrogens with one attached hydrogen (secondary N) is 1. The molecule has 1 aliphatic heterocycles. The number of hydrogen-bond donors (Lipinski definition) is 1. The number of pyridine rings is 1. The summed E-state index contributed by atoms with van der Waals surface area (Å²) in [5.41, 5.74) is 3.23. The zero-order valence-corrected chi connectivity index (χ0v) is 19.4. The Morgan fingerprint density at radius 1 is 1.09 bits per heavy atom. The van der Waals surface area contributed by atoms with E-state index in [2.05, 4.69) is 31.4 Å². The smallest absolute Gasteiger partial charge is 0.261 e. The van der Waals surface area contributed by atoms with Gasteiger partial charge in [-0.15, -0.1) is 0 Å². The summed E-state index contributed by atoms with van der Waals surface area (Å²) >= 11 is 0. The third-order valence-electron chi connectivity index (χ3n) is 6.77. The molecule has 0 saturated carbocycles. The molecule has 176 valence electrons. The zero-order valence-electron chi connectivity index (χ0n) is 19.4. The number of carbonyl (C=O) groups is 1. The molecule has 2 aliphatic rings. The Bertz CT molecular complexity index is 1130. The highest BCUT2D eigenvalue weighted by Crippen LogP contribution is 2.32. The van der Waals surface area contributed by atoms with Crippen LogP contribution >= 0.6 is 0 Å². The summed E-state index contributed by atoms with van der Waals surface area (Å²) in [6, 6.07) is 13.6. The molecule has 0 atom stereocenters. The van der Waals surface area contributed by atoms with Gasteiger partial charge < -0.3 is 14.7 Å². The zero-order chi connectivity index (χ0) is 23.2. The van der Waals surface area contributed by atoms with Crippen LogP contribution in [0.25, 0.3) is 22.8 Å². The van der Waals surface area contributed by atoms with Crippen molar-refractivity contribution >= 4 is 11.7 Å². The van der Waals surface area contributed by atoms with Crippen molar-refractivity contribution in [1.82, 2.24) is 20.4 Å². The lowest BCUT2D eigenvalue weighted by atomic mass is 9.95. The molecule has 1 N–H and O–H groups in total. The van der Waals surface area contributed by atoms with Gasteiger partial charge in [0.2, 0.25) is 11.7 Å². The van der Waals surface area contributed by atoms with E-state index in [1.807, 2.05) is 42.5 Å². The Labute approximate surface area is 200 Å². The van der Waals surface area contributed by atoms with E-state index >= 15 is 0 Å². The Morgan fingerprint density at radius 3 is 2.74 bits per heavy atom. The van der Waals surface area contributed by atoms with Crippen LogP contribution in [-0.2, 0) is 4.79 Å². The SMILES string of the molecule is O=C(NCCC1=CCCCC1)C1CCN(c2ncccc2-c2nc(-c3ccccc3)no2)CC1. The lowest BCUT2D eigenvalue weighted by molar-refractivity contribution is -0.125. The molecule has 1 aliphatic carbocycles. The van der Waals surface area contributed by atoms with E-state index < -0.39 is 0 Å². The molecule has 0 radical (unpaired) electrons. The molecule has 7 heteroatoms. The summed E-state index contributed by atoms with van der Waals surface area (Å²) in [6.07, 6.45) is 11.7. The number of carbonyl (C=O) groups excluding carboxylic acids is 1. The van der Waals surface area contributed by atoms with Gasteiger partial charge in [-0.2, -0.15) is 4.98 Å². The fraction of sp³-hybridized carbons (Fsp3) is 0.407. The van der Waals surface area contributed by atoms with Crippen LogP contribution in [0, 0.1) is 5.92 Å². The first kappa shape index (κ1) is 22.3. The predicted octanol–water partition coefficient (Wildman–Crippen LogP) is 5.02. The van der Waals surface area contributed by atoms with Crippen molar-refractivity contribution in [2.45, 2.75) is 44.9 Å². The van der Waals surface area contributed by atoms with E-state index in [1.54, 1.807) is 6.20 Å². The van der Waals surface area contributed by atoms with Crippen LogP contribution in [0.3, 0.4) is 0 Å². The van der Waals surface area contributed by atoms with Gasteiger partial charge in [-0.1, -0.05) is 47.1 Å². The Balaban J connectivity index is 1.19. The van der Waals surface area contributed by atoms with E-state index in [4.69, 9.17) is 4.52 Å². The lowest BCUT2D eigenvalue weighted by Gasteiger charge is -2.32. The summed E-state index contributed by atoms with van der Waals surface area (Å²) in [5, 5.41) is 7.32.